The highest BCUT2D eigenvalue weighted by Gasteiger charge is 2.12. The number of anilines is 2. The molecular formula is C21H24N4O. The van der Waals surface area contributed by atoms with E-state index < -0.39 is 0 Å². The number of hydrogen-bond acceptors (Lipinski definition) is 5. The third-order valence-electron chi connectivity index (χ3n) is 4.28. The Balaban J connectivity index is 2.10. The van der Waals surface area contributed by atoms with Gasteiger partial charge in [0.2, 0.25) is 0 Å². The number of azo groups is 1. The highest BCUT2D eigenvalue weighted by molar-refractivity contribution is 6.08. The molecule has 0 fully saturated rings. The number of methoxy groups -OCH3 is 1. The Morgan fingerprint density at radius 3 is 2.00 bits per heavy atom. The molecule has 0 atom stereocenters. The van der Waals surface area contributed by atoms with Crippen LogP contribution in [0.1, 0.15) is 0 Å². The zero-order valence-electron chi connectivity index (χ0n) is 15.9. The number of hydrogen-bond donors (Lipinski definition) is 0. The van der Waals surface area contributed by atoms with Gasteiger partial charge in [-0.15, -0.1) is 5.11 Å². The average Bonchev–Trinajstić information content (AvgIpc) is 2.65. The van der Waals surface area contributed by atoms with Gasteiger partial charge >= 0.3 is 0 Å². The molecule has 5 nitrogen and oxygen atoms in total. The second-order valence-electron chi connectivity index (χ2n) is 6.49. The van der Waals surface area contributed by atoms with Crippen LogP contribution in [0.15, 0.2) is 64.8 Å². The molecule has 0 aliphatic rings. The molecule has 26 heavy (non-hydrogen) atoms. The first-order valence-electron chi connectivity index (χ1n) is 8.47. The third kappa shape index (κ3) is 3.47. The third-order valence-corrected chi connectivity index (χ3v) is 4.28. The molecule has 0 bridgehead atoms. The summed E-state index contributed by atoms with van der Waals surface area (Å²) in [5.74, 6) is 0.806. The Kier molecular flexibility index (Phi) is 5.07. The standard InChI is InChI=1S/C21H24N4O/c1-24(2)19-8-6-7-17-18(13-14-20(21(17)19)25(3)4)23-22-15-9-11-16(26-5)12-10-15/h6-14H,1-5H3. The van der Waals surface area contributed by atoms with Crippen molar-refractivity contribution in [2.75, 3.05) is 45.1 Å². The van der Waals surface area contributed by atoms with Gasteiger partial charge in [0, 0.05) is 50.3 Å². The highest BCUT2D eigenvalue weighted by atomic mass is 16.5. The quantitative estimate of drug-likeness (QED) is 0.580. The summed E-state index contributed by atoms with van der Waals surface area (Å²) < 4.78 is 5.18. The molecule has 134 valence electrons. The Morgan fingerprint density at radius 1 is 0.731 bits per heavy atom. The number of fused-ring (bicyclic) bond motifs is 1. The summed E-state index contributed by atoms with van der Waals surface area (Å²) >= 11 is 0. The van der Waals surface area contributed by atoms with Crippen LogP contribution in [0.4, 0.5) is 22.7 Å². The van der Waals surface area contributed by atoms with E-state index >= 15 is 0 Å². The number of benzene rings is 3. The summed E-state index contributed by atoms with van der Waals surface area (Å²) in [7, 11) is 9.87. The van der Waals surface area contributed by atoms with Gasteiger partial charge < -0.3 is 14.5 Å². The summed E-state index contributed by atoms with van der Waals surface area (Å²) in [6.07, 6.45) is 0. The number of nitrogens with zero attached hydrogens (tertiary/aromatic N) is 4. The first-order valence-corrected chi connectivity index (χ1v) is 8.47. The molecule has 0 amide bonds. The van der Waals surface area contributed by atoms with Crippen molar-refractivity contribution < 1.29 is 4.74 Å². The van der Waals surface area contributed by atoms with E-state index in [0.29, 0.717) is 0 Å². The summed E-state index contributed by atoms with van der Waals surface area (Å²) in [5.41, 5.74) is 3.96. The van der Waals surface area contributed by atoms with Crippen LogP contribution in [0.25, 0.3) is 10.8 Å². The van der Waals surface area contributed by atoms with Crippen LogP contribution < -0.4 is 14.5 Å². The van der Waals surface area contributed by atoms with Crippen molar-refractivity contribution in [2.24, 2.45) is 10.2 Å². The molecule has 5 heteroatoms. The second-order valence-corrected chi connectivity index (χ2v) is 6.49. The normalized spacial score (nSPS) is 11.1. The van der Waals surface area contributed by atoms with Crippen molar-refractivity contribution in [1.29, 1.82) is 0 Å². The van der Waals surface area contributed by atoms with E-state index in [9.17, 15) is 0 Å². The Morgan fingerprint density at radius 2 is 1.38 bits per heavy atom. The largest absolute Gasteiger partial charge is 0.497 e. The van der Waals surface area contributed by atoms with Gasteiger partial charge in [-0.2, -0.15) is 5.11 Å². The minimum absolute atomic E-state index is 0.791. The summed E-state index contributed by atoms with van der Waals surface area (Å²) in [6.45, 7) is 0. The van der Waals surface area contributed by atoms with E-state index in [4.69, 9.17) is 4.74 Å². The lowest BCUT2D eigenvalue weighted by Crippen LogP contribution is -2.13. The second kappa shape index (κ2) is 7.44. The van der Waals surface area contributed by atoms with Crippen LogP contribution in [-0.2, 0) is 0 Å². The van der Waals surface area contributed by atoms with Crippen LogP contribution in [0.3, 0.4) is 0 Å². The van der Waals surface area contributed by atoms with Crippen LogP contribution in [-0.4, -0.2) is 35.3 Å². The maximum atomic E-state index is 5.18. The topological polar surface area (TPSA) is 40.4 Å². The Bertz CT molecular complexity index is 916. The van der Waals surface area contributed by atoms with Gasteiger partial charge in [0.15, 0.2) is 0 Å². The monoisotopic (exact) mass is 348 g/mol. The summed E-state index contributed by atoms with van der Waals surface area (Å²) in [6, 6.07) is 17.9. The molecule has 0 heterocycles. The van der Waals surface area contributed by atoms with Crippen molar-refractivity contribution in [1.82, 2.24) is 0 Å². The maximum absolute atomic E-state index is 5.18. The smallest absolute Gasteiger partial charge is 0.119 e. The van der Waals surface area contributed by atoms with Crippen LogP contribution in [0, 0.1) is 0 Å². The first-order chi connectivity index (χ1) is 12.5. The van der Waals surface area contributed by atoms with Crippen molar-refractivity contribution >= 4 is 33.5 Å². The lowest BCUT2D eigenvalue weighted by molar-refractivity contribution is 0.415. The molecule has 3 rings (SSSR count). The Labute approximate surface area is 154 Å². The van der Waals surface area contributed by atoms with E-state index in [1.54, 1.807) is 7.11 Å². The average molecular weight is 348 g/mol. The highest BCUT2D eigenvalue weighted by Crippen LogP contribution is 2.39. The van der Waals surface area contributed by atoms with Crippen LogP contribution in [0.2, 0.25) is 0 Å². The minimum atomic E-state index is 0.791. The molecule has 0 radical (unpaired) electrons. The Hall–Kier alpha value is -3.08. The van der Waals surface area contributed by atoms with Gasteiger partial charge in [0.25, 0.3) is 0 Å². The van der Waals surface area contributed by atoms with E-state index in [1.165, 1.54) is 5.39 Å². The van der Waals surface area contributed by atoms with E-state index in [0.717, 1.165) is 33.9 Å². The zero-order valence-corrected chi connectivity index (χ0v) is 15.9. The molecule has 3 aromatic rings. The van der Waals surface area contributed by atoms with Crippen molar-refractivity contribution in [2.45, 2.75) is 0 Å². The maximum Gasteiger partial charge on any atom is 0.119 e. The van der Waals surface area contributed by atoms with E-state index in [-0.39, 0.29) is 0 Å². The SMILES string of the molecule is COc1ccc(N=Nc2ccc(N(C)C)c3c(N(C)C)cccc23)cc1. The molecular weight excluding hydrogens is 324 g/mol. The fraction of sp³-hybridized carbons (Fsp3) is 0.238. The van der Waals surface area contributed by atoms with Gasteiger partial charge in [-0.25, -0.2) is 0 Å². The van der Waals surface area contributed by atoms with E-state index in [1.807, 2.05) is 30.3 Å². The van der Waals surface area contributed by atoms with Gasteiger partial charge in [0.05, 0.1) is 18.5 Å². The number of rotatable bonds is 5. The van der Waals surface area contributed by atoms with Gasteiger partial charge in [-0.05, 0) is 42.5 Å². The van der Waals surface area contributed by atoms with Crippen LogP contribution >= 0.6 is 0 Å². The summed E-state index contributed by atoms with van der Waals surface area (Å²) in [4.78, 5) is 4.25. The predicted octanol–water partition coefficient (Wildman–Crippen LogP) is 5.40. The zero-order chi connectivity index (χ0) is 18.7. The number of ether oxygens (including phenoxy) is 1. The molecule has 0 saturated carbocycles. The molecule has 3 aromatic carbocycles. The van der Waals surface area contributed by atoms with E-state index in [2.05, 4.69) is 72.5 Å². The summed E-state index contributed by atoms with van der Waals surface area (Å²) in [5, 5.41) is 11.2. The molecule has 0 aromatic heterocycles. The molecule has 0 aliphatic heterocycles. The molecule has 0 aliphatic carbocycles. The van der Waals surface area contributed by atoms with Crippen molar-refractivity contribution in [3.63, 3.8) is 0 Å². The van der Waals surface area contributed by atoms with Gasteiger partial charge in [0.1, 0.15) is 5.75 Å². The lowest BCUT2D eigenvalue weighted by Gasteiger charge is -2.22. The van der Waals surface area contributed by atoms with Gasteiger partial charge in [-0.1, -0.05) is 12.1 Å². The molecule has 0 saturated heterocycles. The van der Waals surface area contributed by atoms with Crippen molar-refractivity contribution in [3.8, 4) is 5.75 Å². The fourth-order valence-electron chi connectivity index (χ4n) is 2.95. The predicted molar refractivity (Wildman–Crippen MR) is 110 cm³/mol. The lowest BCUT2D eigenvalue weighted by atomic mass is 10.0. The van der Waals surface area contributed by atoms with Gasteiger partial charge in [-0.3, -0.25) is 0 Å². The van der Waals surface area contributed by atoms with Crippen molar-refractivity contribution in [3.05, 3.63) is 54.6 Å². The fourth-order valence-corrected chi connectivity index (χ4v) is 2.95. The molecule has 0 unspecified atom stereocenters. The molecule has 0 spiro atoms. The first kappa shape index (κ1) is 17.7. The molecule has 0 N–H and O–H groups in total. The minimum Gasteiger partial charge on any atom is -0.497 e. The van der Waals surface area contributed by atoms with Crippen LogP contribution in [0.5, 0.6) is 5.75 Å².